The second-order valence-electron chi connectivity index (χ2n) is 9.34. The minimum absolute atomic E-state index is 0.643. The molecular formula is C28H42N2O. The normalized spacial score (nSPS) is 18.8. The Kier molecular flexibility index (Phi) is 10.3. The molecular weight excluding hydrogens is 380 g/mol. The number of nitrogens with zero attached hydrogens (tertiary/aromatic N) is 2. The highest BCUT2D eigenvalue weighted by atomic mass is 16.5. The molecule has 0 N–H and O–H groups in total. The quantitative estimate of drug-likeness (QED) is 0.304. The zero-order chi connectivity index (χ0) is 21.7. The number of benzene rings is 1. The third-order valence-corrected chi connectivity index (χ3v) is 6.84. The van der Waals surface area contributed by atoms with Crippen molar-refractivity contribution in [3.05, 3.63) is 42.2 Å². The van der Waals surface area contributed by atoms with Gasteiger partial charge < -0.3 is 4.74 Å². The number of rotatable bonds is 13. The number of unbranched alkanes of at least 4 members (excludes halogenated alkanes) is 6. The Morgan fingerprint density at radius 1 is 0.774 bits per heavy atom. The van der Waals surface area contributed by atoms with Gasteiger partial charge in [-0.3, -0.25) is 0 Å². The minimum Gasteiger partial charge on any atom is -0.494 e. The summed E-state index contributed by atoms with van der Waals surface area (Å²) >= 11 is 0. The van der Waals surface area contributed by atoms with Gasteiger partial charge in [0.15, 0.2) is 5.82 Å². The van der Waals surface area contributed by atoms with E-state index in [4.69, 9.17) is 4.74 Å². The van der Waals surface area contributed by atoms with Crippen molar-refractivity contribution in [2.45, 2.75) is 103 Å². The van der Waals surface area contributed by atoms with E-state index in [0.717, 1.165) is 36.1 Å². The highest BCUT2D eigenvalue weighted by Crippen LogP contribution is 2.37. The van der Waals surface area contributed by atoms with Crippen LogP contribution in [-0.4, -0.2) is 16.6 Å². The molecule has 0 aliphatic heterocycles. The van der Waals surface area contributed by atoms with Crippen molar-refractivity contribution in [3.8, 4) is 17.1 Å². The second kappa shape index (κ2) is 13.5. The molecule has 1 aromatic heterocycles. The van der Waals surface area contributed by atoms with E-state index in [9.17, 15) is 0 Å². The third-order valence-electron chi connectivity index (χ3n) is 6.84. The molecule has 1 aliphatic rings. The van der Waals surface area contributed by atoms with Crippen molar-refractivity contribution in [3.63, 3.8) is 0 Å². The first-order chi connectivity index (χ1) is 15.3. The molecule has 31 heavy (non-hydrogen) atoms. The highest BCUT2D eigenvalue weighted by Gasteiger charge is 2.22. The molecule has 0 atom stereocenters. The van der Waals surface area contributed by atoms with Gasteiger partial charge in [-0.25, -0.2) is 9.97 Å². The van der Waals surface area contributed by atoms with Crippen LogP contribution < -0.4 is 4.74 Å². The Morgan fingerprint density at radius 3 is 2.10 bits per heavy atom. The van der Waals surface area contributed by atoms with Crippen molar-refractivity contribution in [1.82, 2.24) is 9.97 Å². The number of ether oxygens (including phenoxy) is 1. The topological polar surface area (TPSA) is 35.0 Å². The van der Waals surface area contributed by atoms with Gasteiger partial charge in [-0.2, -0.15) is 0 Å². The van der Waals surface area contributed by atoms with Crippen LogP contribution >= 0.6 is 0 Å². The van der Waals surface area contributed by atoms with Crippen molar-refractivity contribution < 1.29 is 4.74 Å². The molecule has 1 saturated carbocycles. The first-order valence-electron chi connectivity index (χ1n) is 12.8. The van der Waals surface area contributed by atoms with Crippen molar-refractivity contribution in [2.24, 2.45) is 5.92 Å². The van der Waals surface area contributed by atoms with Gasteiger partial charge in [0.05, 0.1) is 6.61 Å². The largest absolute Gasteiger partial charge is 0.494 e. The van der Waals surface area contributed by atoms with Crippen LogP contribution in [-0.2, 0) is 0 Å². The average molecular weight is 423 g/mol. The lowest BCUT2D eigenvalue weighted by Crippen LogP contribution is -2.14. The van der Waals surface area contributed by atoms with Crippen molar-refractivity contribution >= 4 is 0 Å². The lowest BCUT2D eigenvalue weighted by molar-refractivity contribution is 0.301. The van der Waals surface area contributed by atoms with E-state index in [-0.39, 0.29) is 0 Å². The van der Waals surface area contributed by atoms with Crippen LogP contribution in [0.3, 0.4) is 0 Å². The summed E-state index contributed by atoms with van der Waals surface area (Å²) in [6.07, 6.45) is 21.5. The molecule has 0 bridgehead atoms. The van der Waals surface area contributed by atoms with E-state index in [0.29, 0.717) is 5.92 Å². The standard InChI is InChI=1S/C28H42N2O/c1-3-5-7-8-9-11-23-12-14-24(15-13-23)26-21-29-28(30-22-26)25-16-18-27(19-17-25)31-20-10-6-4-2/h16-19,21-24H,3-15,20H2,1-2H3. The molecule has 2 aromatic rings. The molecule has 0 unspecified atom stereocenters. The molecule has 0 radical (unpaired) electrons. The summed E-state index contributed by atoms with van der Waals surface area (Å²) in [5.74, 6) is 3.32. The molecule has 170 valence electrons. The zero-order valence-electron chi connectivity index (χ0n) is 19.8. The van der Waals surface area contributed by atoms with Crippen LogP contribution in [0.1, 0.15) is 109 Å². The average Bonchev–Trinajstić information content (AvgIpc) is 2.83. The fourth-order valence-corrected chi connectivity index (χ4v) is 4.76. The maximum atomic E-state index is 5.81. The highest BCUT2D eigenvalue weighted by molar-refractivity contribution is 5.56. The molecule has 0 amide bonds. The summed E-state index contributed by atoms with van der Waals surface area (Å²) in [7, 11) is 0. The Hall–Kier alpha value is -1.90. The predicted octanol–water partition coefficient (Wildman–Crippen LogP) is 8.35. The Bertz CT molecular complexity index is 718. The lowest BCUT2D eigenvalue weighted by Gasteiger charge is -2.28. The molecule has 1 heterocycles. The minimum atomic E-state index is 0.643. The number of hydrogen-bond acceptors (Lipinski definition) is 3. The summed E-state index contributed by atoms with van der Waals surface area (Å²) in [5, 5.41) is 0. The van der Waals surface area contributed by atoms with Crippen LogP contribution in [0.4, 0.5) is 0 Å². The van der Waals surface area contributed by atoms with Gasteiger partial charge in [0.1, 0.15) is 5.75 Å². The van der Waals surface area contributed by atoms with Gasteiger partial charge in [-0.1, -0.05) is 65.2 Å². The maximum Gasteiger partial charge on any atom is 0.159 e. The fourth-order valence-electron chi connectivity index (χ4n) is 4.76. The van der Waals surface area contributed by atoms with Crippen LogP contribution in [0.15, 0.2) is 36.7 Å². The van der Waals surface area contributed by atoms with Crippen molar-refractivity contribution in [1.29, 1.82) is 0 Å². The zero-order valence-corrected chi connectivity index (χ0v) is 19.8. The Labute approximate surface area is 190 Å². The molecule has 3 rings (SSSR count). The SMILES string of the molecule is CCCCCCCC1CCC(c2cnc(-c3ccc(OCCCCC)cc3)nc2)CC1. The molecule has 3 heteroatoms. The summed E-state index contributed by atoms with van der Waals surface area (Å²) in [5.41, 5.74) is 2.38. The summed E-state index contributed by atoms with van der Waals surface area (Å²) in [6, 6.07) is 8.19. The third kappa shape index (κ3) is 7.94. The maximum absolute atomic E-state index is 5.81. The molecule has 3 nitrogen and oxygen atoms in total. The van der Waals surface area contributed by atoms with Crippen LogP contribution in [0.25, 0.3) is 11.4 Å². The van der Waals surface area contributed by atoms with E-state index in [1.54, 1.807) is 0 Å². The van der Waals surface area contributed by atoms with E-state index in [1.807, 2.05) is 12.1 Å². The summed E-state index contributed by atoms with van der Waals surface area (Å²) in [4.78, 5) is 9.37. The molecule has 0 spiro atoms. The number of hydrogen-bond donors (Lipinski definition) is 0. The number of aromatic nitrogens is 2. The van der Waals surface area contributed by atoms with E-state index in [2.05, 4.69) is 48.3 Å². The van der Waals surface area contributed by atoms with E-state index >= 15 is 0 Å². The van der Waals surface area contributed by atoms with Gasteiger partial charge in [0, 0.05) is 18.0 Å². The van der Waals surface area contributed by atoms with Crippen molar-refractivity contribution in [2.75, 3.05) is 6.61 Å². The van der Waals surface area contributed by atoms with Gasteiger partial charge in [-0.15, -0.1) is 0 Å². The molecule has 0 saturated heterocycles. The van der Waals surface area contributed by atoms with Gasteiger partial charge in [-0.05, 0) is 73.8 Å². The first kappa shape index (κ1) is 23.8. The van der Waals surface area contributed by atoms with Gasteiger partial charge in [0.2, 0.25) is 0 Å². The van der Waals surface area contributed by atoms with Crippen LogP contribution in [0.5, 0.6) is 5.75 Å². The lowest BCUT2D eigenvalue weighted by atomic mass is 9.77. The molecule has 1 aliphatic carbocycles. The second-order valence-corrected chi connectivity index (χ2v) is 9.34. The van der Waals surface area contributed by atoms with E-state index in [1.165, 1.54) is 82.6 Å². The van der Waals surface area contributed by atoms with Gasteiger partial charge in [0.25, 0.3) is 0 Å². The fraction of sp³-hybridized carbons (Fsp3) is 0.643. The Balaban J connectivity index is 1.43. The molecule has 1 aromatic carbocycles. The monoisotopic (exact) mass is 422 g/mol. The summed E-state index contributed by atoms with van der Waals surface area (Å²) in [6.45, 7) is 5.29. The smallest absolute Gasteiger partial charge is 0.159 e. The Morgan fingerprint density at radius 2 is 1.42 bits per heavy atom. The molecule has 1 fully saturated rings. The van der Waals surface area contributed by atoms with E-state index < -0.39 is 0 Å². The first-order valence-corrected chi connectivity index (χ1v) is 12.8. The predicted molar refractivity (Wildman–Crippen MR) is 131 cm³/mol. The van der Waals surface area contributed by atoms with Gasteiger partial charge >= 0.3 is 0 Å². The van der Waals surface area contributed by atoms with Crippen LogP contribution in [0.2, 0.25) is 0 Å². The van der Waals surface area contributed by atoms with Crippen LogP contribution in [0, 0.1) is 5.92 Å². The summed E-state index contributed by atoms with van der Waals surface area (Å²) < 4.78 is 5.81.